The number of likely N-dealkylation sites (tertiary alicyclic amines) is 1. The van der Waals surface area contributed by atoms with E-state index in [1.54, 1.807) is 6.07 Å². The van der Waals surface area contributed by atoms with Gasteiger partial charge in [-0.3, -0.25) is 4.79 Å². The molecule has 0 radical (unpaired) electrons. The predicted molar refractivity (Wildman–Crippen MR) is 91.4 cm³/mol. The molecule has 0 bridgehead atoms. The molecule has 24 heavy (non-hydrogen) atoms. The van der Waals surface area contributed by atoms with E-state index < -0.39 is 12.0 Å². The van der Waals surface area contributed by atoms with Crippen LogP contribution in [0.25, 0.3) is 0 Å². The number of aromatic nitrogens is 2. The summed E-state index contributed by atoms with van der Waals surface area (Å²) >= 11 is 0. The molecule has 1 aromatic heterocycles. The van der Waals surface area contributed by atoms with Crippen LogP contribution in [-0.2, 0) is 11.2 Å². The molecule has 6 nitrogen and oxygen atoms in total. The highest BCUT2D eigenvalue weighted by Crippen LogP contribution is 2.41. The van der Waals surface area contributed by atoms with E-state index in [2.05, 4.69) is 10.00 Å². The van der Waals surface area contributed by atoms with Crippen molar-refractivity contribution in [3.8, 4) is 0 Å². The van der Waals surface area contributed by atoms with E-state index in [9.17, 15) is 14.7 Å². The predicted octanol–water partition coefficient (Wildman–Crippen LogP) is 2.04. The Morgan fingerprint density at radius 1 is 1.38 bits per heavy atom. The summed E-state index contributed by atoms with van der Waals surface area (Å²) < 4.78 is 1.21. The first kappa shape index (κ1) is 17.1. The highest BCUT2D eigenvalue weighted by molar-refractivity contribution is 5.71. The summed E-state index contributed by atoms with van der Waals surface area (Å²) in [7, 11) is 0. The molecular formula is C18H27N3O3. The third-order valence-electron chi connectivity index (χ3n) is 4.97. The number of nitrogens with zero attached hydrogens (tertiary/aromatic N) is 3. The van der Waals surface area contributed by atoms with Crippen molar-refractivity contribution in [3.05, 3.63) is 27.7 Å². The molecule has 2 fully saturated rings. The molecule has 0 aromatic carbocycles. The topological polar surface area (TPSA) is 75.4 Å². The number of carbonyl (C=O) groups is 1. The third-order valence-corrected chi connectivity index (χ3v) is 4.97. The minimum absolute atomic E-state index is 0.187. The summed E-state index contributed by atoms with van der Waals surface area (Å²) in [6.07, 6.45) is 4.67. The van der Waals surface area contributed by atoms with Crippen LogP contribution in [0.5, 0.6) is 0 Å². The molecular weight excluding hydrogens is 306 g/mol. The average molecular weight is 333 g/mol. The largest absolute Gasteiger partial charge is 0.480 e. The quantitative estimate of drug-likeness (QED) is 0.788. The SMILES string of the molecule is CC(C)C[C@@H](C(=O)O)n1nc(CCN2CCC2)c(C2CC2)cc1=O. The molecule has 2 aliphatic rings. The Balaban J connectivity index is 1.89. The van der Waals surface area contributed by atoms with Gasteiger partial charge < -0.3 is 10.0 Å². The van der Waals surface area contributed by atoms with Gasteiger partial charge in [0.1, 0.15) is 0 Å². The summed E-state index contributed by atoms with van der Waals surface area (Å²) in [4.78, 5) is 26.5. The maximum absolute atomic E-state index is 12.5. The minimum Gasteiger partial charge on any atom is -0.480 e. The van der Waals surface area contributed by atoms with Crippen LogP contribution in [-0.4, -0.2) is 45.4 Å². The second-order valence-electron chi connectivity index (χ2n) is 7.53. The van der Waals surface area contributed by atoms with Gasteiger partial charge in [0.15, 0.2) is 6.04 Å². The van der Waals surface area contributed by atoms with Crippen molar-refractivity contribution in [2.24, 2.45) is 5.92 Å². The van der Waals surface area contributed by atoms with Crippen LogP contribution in [0.1, 0.15) is 62.7 Å². The lowest BCUT2D eigenvalue weighted by Crippen LogP contribution is -2.39. The fourth-order valence-electron chi connectivity index (χ4n) is 3.31. The Hall–Kier alpha value is -1.69. The number of carboxylic acids is 1. The summed E-state index contributed by atoms with van der Waals surface area (Å²) in [5.41, 5.74) is 1.68. The van der Waals surface area contributed by atoms with Gasteiger partial charge in [0.25, 0.3) is 5.56 Å². The fourth-order valence-corrected chi connectivity index (χ4v) is 3.31. The molecule has 1 saturated carbocycles. The monoisotopic (exact) mass is 333 g/mol. The summed E-state index contributed by atoms with van der Waals surface area (Å²) in [5.74, 6) is -0.349. The second kappa shape index (κ2) is 7.05. The van der Waals surface area contributed by atoms with E-state index in [0.717, 1.165) is 50.2 Å². The Morgan fingerprint density at radius 2 is 2.08 bits per heavy atom. The van der Waals surface area contributed by atoms with E-state index in [-0.39, 0.29) is 11.5 Å². The Kier molecular flexibility index (Phi) is 5.04. The van der Waals surface area contributed by atoms with Gasteiger partial charge in [0, 0.05) is 19.0 Å². The van der Waals surface area contributed by atoms with Crippen LogP contribution in [0.4, 0.5) is 0 Å². The number of rotatable bonds is 8. The van der Waals surface area contributed by atoms with E-state index in [1.165, 1.54) is 11.1 Å². The van der Waals surface area contributed by atoms with E-state index in [4.69, 9.17) is 0 Å². The van der Waals surface area contributed by atoms with E-state index in [0.29, 0.717) is 12.3 Å². The van der Waals surface area contributed by atoms with Crippen LogP contribution in [0, 0.1) is 5.92 Å². The molecule has 1 atom stereocenters. The first-order chi connectivity index (χ1) is 11.5. The molecule has 6 heteroatoms. The Labute approximate surface area is 142 Å². The highest BCUT2D eigenvalue weighted by Gasteiger charge is 2.30. The number of aliphatic carboxylic acids is 1. The van der Waals surface area contributed by atoms with Crippen LogP contribution >= 0.6 is 0 Å². The molecule has 0 unspecified atom stereocenters. The Bertz CT molecular complexity index is 660. The van der Waals surface area contributed by atoms with E-state index >= 15 is 0 Å². The van der Waals surface area contributed by atoms with Crippen molar-refractivity contribution in [2.45, 2.75) is 57.9 Å². The first-order valence-electron chi connectivity index (χ1n) is 9.03. The lowest BCUT2D eigenvalue weighted by Gasteiger charge is -2.30. The second-order valence-corrected chi connectivity index (χ2v) is 7.53. The molecule has 1 saturated heterocycles. The third kappa shape index (κ3) is 3.86. The highest BCUT2D eigenvalue weighted by atomic mass is 16.4. The van der Waals surface area contributed by atoms with Crippen molar-refractivity contribution in [1.82, 2.24) is 14.7 Å². The molecule has 2 heterocycles. The van der Waals surface area contributed by atoms with Gasteiger partial charge in [0.2, 0.25) is 0 Å². The van der Waals surface area contributed by atoms with Gasteiger partial charge in [-0.05, 0) is 56.2 Å². The average Bonchev–Trinajstić information content (AvgIpc) is 3.28. The number of carboxylic acid groups (broad SMARTS) is 1. The van der Waals surface area contributed by atoms with Crippen molar-refractivity contribution in [3.63, 3.8) is 0 Å². The zero-order chi connectivity index (χ0) is 17.3. The van der Waals surface area contributed by atoms with Crippen LogP contribution in [0.3, 0.4) is 0 Å². The number of hydrogen-bond acceptors (Lipinski definition) is 4. The molecule has 0 spiro atoms. The van der Waals surface area contributed by atoms with Gasteiger partial charge in [-0.1, -0.05) is 13.8 Å². The van der Waals surface area contributed by atoms with Crippen molar-refractivity contribution < 1.29 is 9.90 Å². The normalized spacial score (nSPS) is 19.3. The fraction of sp³-hybridized carbons (Fsp3) is 0.722. The minimum atomic E-state index is -0.980. The summed E-state index contributed by atoms with van der Waals surface area (Å²) in [6.45, 7) is 7.12. The van der Waals surface area contributed by atoms with Gasteiger partial charge in [-0.25, -0.2) is 9.48 Å². The van der Waals surface area contributed by atoms with Crippen molar-refractivity contribution >= 4 is 5.97 Å². The van der Waals surface area contributed by atoms with Crippen molar-refractivity contribution in [2.75, 3.05) is 19.6 Å². The lowest BCUT2D eigenvalue weighted by atomic mass is 10.0. The maximum Gasteiger partial charge on any atom is 0.328 e. The molecule has 3 rings (SSSR count). The Morgan fingerprint density at radius 3 is 2.58 bits per heavy atom. The molecule has 1 N–H and O–H groups in total. The maximum atomic E-state index is 12.5. The summed E-state index contributed by atoms with van der Waals surface area (Å²) in [5, 5.41) is 14.1. The van der Waals surface area contributed by atoms with Crippen LogP contribution in [0.2, 0.25) is 0 Å². The summed E-state index contributed by atoms with van der Waals surface area (Å²) in [6, 6.07) is 0.764. The lowest BCUT2D eigenvalue weighted by molar-refractivity contribution is -0.141. The zero-order valence-corrected chi connectivity index (χ0v) is 14.6. The van der Waals surface area contributed by atoms with Crippen molar-refractivity contribution in [1.29, 1.82) is 0 Å². The van der Waals surface area contributed by atoms with Crippen LogP contribution < -0.4 is 5.56 Å². The molecule has 132 valence electrons. The molecule has 1 aliphatic heterocycles. The molecule has 1 aliphatic carbocycles. The van der Waals surface area contributed by atoms with E-state index in [1.807, 2.05) is 13.8 Å². The van der Waals surface area contributed by atoms with Gasteiger partial charge >= 0.3 is 5.97 Å². The van der Waals surface area contributed by atoms with Gasteiger partial charge in [-0.15, -0.1) is 0 Å². The number of hydrogen-bond donors (Lipinski definition) is 1. The molecule has 1 aromatic rings. The van der Waals surface area contributed by atoms with Crippen LogP contribution in [0.15, 0.2) is 10.9 Å². The first-order valence-corrected chi connectivity index (χ1v) is 9.03. The molecule has 0 amide bonds. The smallest absolute Gasteiger partial charge is 0.328 e. The standard InChI is InChI=1S/C18H27N3O3/c1-12(2)10-16(18(23)24)21-17(22)11-14(13-4-5-13)15(19-21)6-9-20-7-3-8-20/h11-13,16H,3-10H2,1-2H3,(H,23,24)/t16-/m0/s1. The van der Waals surface area contributed by atoms with Gasteiger partial charge in [-0.2, -0.15) is 5.10 Å². The van der Waals surface area contributed by atoms with Gasteiger partial charge in [0.05, 0.1) is 5.69 Å². The zero-order valence-electron chi connectivity index (χ0n) is 14.6.